The molecule has 3 aromatic rings. The molecule has 2 aromatic carbocycles. The molecule has 0 saturated carbocycles. The van der Waals surface area contributed by atoms with Crippen LogP contribution in [0.2, 0.25) is 0 Å². The van der Waals surface area contributed by atoms with E-state index in [2.05, 4.69) is 0 Å². The number of rotatable bonds is 8. The molecule has 4 rings (SSSR count). The van der Waals surface area contributed by atoms with Crippen molar-refractivity contribution in [3.8, 4) is 0 Å². The van der Waals surface area contributed by atoms with Gasteiger partial charge < -0.3 is 4.42 Å². The van der Waals surface area contributed by atoms with Crippen LogP contribution in [0.25, 0.3) is 0 Å². The molecule has 0 N–H and O–H groups in total. The molecule has 0 amide bonds. The zero-order valence-electron chi connectivity index (χ0n) is 18.5. The number of sulfonamides is 2. The smallest absolute Gasteiger partial charge is 0.243 e. The van der Waals surface area contributed by atoms with Gasteiger partial charge in [0.1, 0.15) is 5.76 Å². The number of benzene rings is 2. The first-order chi connectivity index (χ1) is 15.8. The summed E-state index contributed by atoms with van der Waals surface area (Å²) < 4.78 is 61.4. The van der Waals surface area contributed by atoms with Crippen LogP contribution in [0, 0.1) is 0 Å². The van der Waals surface area contributed by atoms with Crippen molar-refractivity contribution < 1.29 is 21.3 Å². The first-order valence-corrected chi connectivity index (χ1v) is 13.8. The Labute approximate surface area is 195 Å². The lowest BCUT2D eigenvalue weighted by Crippen LogP contribution is -2.41. The van der Waals surface area contributed by atoms with Crippen molar-refractivity contribution in [1.82, 2.24) is 8.61 Å². The lowest BCUT2D eigenvalue weighted by Gasteiger charge is -2.32. The van der Waals surface area contributed by atoms with Gasteiger partial charge in [0.15, 0.2) is 0 Å². The molecule has 2 heterocycles. The monoisotopic (exact) mass is 488 g/mol. The minimum absolute atomic E-state index is 0.0376. The summed E-state index contributed by atoms with van der Waals surface area (Å²) in [5, 5.41) is 0. The fourth-order valence-electron chi connectivity index (χ4n) is 4.09. The minimum atomic E-state index is -3.91. The van der Waals surface area contributed by atoms with E-state index in [-0.39, 0.29) is 28.9 Å². The van der Waals surface area contributed by atoms with E-state index >= 15 is 0 Å². The number of nitrogens with zero attached hydrogens (tertiary/aromatic N) is 2. The quantitative estimate of drug-likeness (QED) is 0.473. The van der Waals surface area contributed by atoms with Crippen LogP contribution in [0.4, 0.5) is 0 Å². The summed E-state index contributed by atoms with van der Waals surface area (Å²) in [6, 6.07) is 18.2. The number of hydrogen-bond acceptors (Lipinski definition) is 5. The van der Waals surface area contributed by atoms with Gasteiger partial charge in [-0.05, 0) is 61.7 Å². The molecule has 0 unspecified atom stereocenters. The highest BCUT2D eigenvalue weighted by Gasteiger charge is 2.32. The Bertz CT molecular complexity index is 1260. The predicted molar refractivity (Wildman–Crippen MR) is 125 cm³/mol. The fraction of sp³-hybridized carbons (Fsp3) is 0.333. The summed E-state index contributed by atoms with van der Waals surface area (Å²) in [6.07, 6.45) is 4.17. The van der Waals surface area contributed by atoms with Gasteiger partial charge in [0, 0.05) is 19.1 Å². The van der Waals surface area contributed by atoms with E-state index in [1.165, 1.54) is 39.1 Å². The summed E-state index contributed by atoms with van der Waals surface area (Å²) in [6.45, 7) is 2.62. The van der Waals surface area contributed by atoms with Gasteiger partial charge in [0.25, 0.3) is 0 Å². The zero-order valence-corrected chi connectivity index (χ0v) is 20.1. The molecule has 9 heteroatoms. The number of furan rings is 1. The maximum atomic E-state index is 13.5. The van der Waals surface area contributed by atoms with Gasteiger partial charge in [0.05, 0.1) is 22.6 Å². The molecule has 1 fully saturated rings. The van der Waals surface area contributed by atoms with Crippen molar-refractivity contribution in [2.45, 2.75) is 55.1 Å². The lowest BCUT2D eigenvalue weighted by molar-refractivity contribution is 0.268. The van der Waals surface area contributed by atoms with Gasteiger partial charge in [-0.3, -0.25) is 0 Å². The van der Waals surface area contributed by atoms with Crippen LogP contribution in [0.15, 0.2) is 87.2 Å². The second-order valence-corrected chi connectivity index (χ2v) is 12.1. The van der Waals surface area contributed by atoms with Gasteiger partial charge in [-0.25, -0.2) is 16.8 Å². The van der Waals surface area contributed by atoms with Crippen molar-refractivity contribution in [3.63, 3.8) is 0 Å². The normalized spacial score (nSPS) is 17.9. The Balaban J connectivity index is 1.62. The SMILES string of the molecule is C[C@H]1CCCCN1S(=O)(=O)c1ccc(S(=O)(=O)N(Cc2ccccc2)Cc2ccco2)cc1. The summed E-state index contributed by atoms with van der Waals surface area (Å²) in [5.74, 6) is 0.521. The second kappa shape index (κ2) is 9.80. The van der Waals surface area contributed by atoms with Gasteiger partial charge in [-0.15, -0.1) is 0 Å². The molecule has 1 aliphatic rings. The lowest BCUT2D eigenvalue weighted by atomic mass is 10.1. The molecule has 1 atom stereocenters. The third-order valence-corrected chi connectivity index (χ3v) is 9.76. The number of hydrogen-bond donors (Lipinski definition) is 0. The minimum Gasteiger partial charge on any atom is -0.468 e. The van der Waals surface area contributed by atoms with Crippen LogP contribution in [0.5, 0.6) is 0 Å². The summed E-state index contributed by atoms with van der Waals surface area (Å²) >= 11 is 0. The van der Waals surface area contributed by atoms with Crippen LogP contribution < -0.4 is 0 Å². The summed E-state index contributed by atoms with van der Waals surface area (Å²) in [4.78, 5) is 0.145. The molecule has 1 aromatic heterocycles. The predicted octanol–water partition coefficient (Wildman–Crippen LogP) is 4.23. The average Bonchev–Trinajstić information content (AvgIpc) is 3.33. The molecule has 0 spiro atoms. The molecule has 7 nitrogen and oxygen atoms in total. The Kier molecular flexibility index (Phi) is 7.04. The average molecular weight is 489 g/mol. The highest BCUT2D eigenvalue weighted by atomic mass is 32.2. The van der Waals surface area contributed by atoms with Crippen molar-refractivity contribution >= 4 is 20.0 Å². The van der Waals surface area contributed by atoms with E-state index in [0.29, 0.717) is 12.3 Å². The molecular weight excluding hydrogens is 460 g/mol. The van der Waals surface area contributed by atoms with Crippen molar-refractivity contribution in [2.75, 3.05) is 6.54 Å². The van der Waals surface area contributed by atoms with Crippen LogP contribution >= 0.6 is 0 Å². The Morgan fingerprint density at radius 3 is 2.21 bits per heavy atom. The van der Waals surface area contributed by atoms with Gasteiger partial charge >= 0.3 is 0 Å². The van der Waals surface area contributed by atoms with E-state index < -0.39 is 20.0 Å². The van der Waals surface area contributed by atoms with Gasteiger partial charge in [-0.1, -0.05) is 36.8 Å². The molecule has 1 aliphatic heterocycles. The van der Waals surface area contributed by atoms with Crippen LogP contribution in [0.3, 0.4) is 0 Å². The Morgan fingerprint density at radius 1 is 0.879 bits per heavy atom. The van der Waals surface area contributed by atoms with E-state index in [9.17, 15) is 16.8 Å². The third kappa shape index (κ3) is 5.22. The van der Waals surface area contributed by atoms with Crippen molar-refractivity contribution in [2.24, 2.45) is 0 Å². The molecule has 0 bridgehead atoms. The first kappa shape index (κ1) is 23.7. The highest BCUT2D eigenvalue weighted by Crippen LogP contribution is 2.27. The number of piperidine rings is 1. The third-order valence-electron chi connectivity index (χ3n) is 5.92. The van der Waals surface area contributed by atoms with E-state index in [0.717, 1.165) is 24.8 Å². The molecular formula is C24H28N2O5S2. The second-order valence-electron chi connectivity index (χ2n) is 8.27. The molecule has 33 heavy (non-hydrogen) atoms. The largest absolute Gasteiger partial charge is 0.468 e. The van der Waals surface area contributed by atoms with Crippen molar-refractivity contribution in [3.05, 3.63) is 84.3 Å². The molecule has 0 radical (unpaired) electrons. The molecule has 1 saturated heterocycles. The van der Waals surface area contributed by atoms with Crippen LogP contribution in [-0.4, -0.2) is 38.0 Å². The summed E-state index contributed by atoms with van der Waals surface area (Å²) in [7, 11) is -7.58. The van der Waals surface area contributed by atoms with Crippen LogP contribution in [-0.2, 0) is 33.1 Å². The topological polar surface area (TPSA) is 87.9 Å². The molecule has 0 aliphatic carbocycles. The first-order valence-electron chi connectivity index (χ1n) is 11.0. The van der Waals surface area contributed by atoms with Gasteiger partial charge in [-0.2, -0.15) is 8.61 Å². The standard InChI is InChI=1S/C24H28N2O5S2/c1-20-8-5-6-16-26(20)33(29,30)24-14-12-23(13-15-24)32(27,28)25(19-22-11-7-17-31-22)18-21-9-3-2-4-10-21/h2-4,7,9-15,17,20H,5-6,8,16,18-19H2,1H3/t20-/m0/s1. The highest BCUT2D eigenvalue weighted by molar-refractivity contribution is 7.89. The van der Waals surface area contributed by atoms with E-state index in [4.69, 9.17) is 4.42 Å². The Morgan fingerprint density at radius 2 is 1.58 bits per heavy atom. The zero-order chi connectivity index (χ0) is 23.5. The molecule has 176 valence electrons. The fourth-order valence-corrected chi connectivity index (χ4v) is 7.18. The van der Waals surface area contributed by atoms with E-state index in [1.807, 2.05) is 37.3 Å². The van der Waals surface area contributed by atoms with Crippen LogP contribution in [0.1, 0.15) is 37.5 Å². The van der Waals surface area contributed by atoms with Gasteiger partial charge in [0.2, 0.25) is 20.0 Å². The van der Waals surface area contributed by atoms with E-state index in [1.54, 1.807) is 12.1 Å². The summed E-state index contributed by atoms with van der Waals surface area (Å²) in [5.41, 5.74) is 0.839. The Hall–Kier alpha value is -2.46. The van der Waals surface area contributed by atoms with Crippen molar-refractivity contribution in [1.29, 1.82) is 0 Å². The maximum Gasteiger partial charge on any atom is 0.243 e. The maximum absolute atomic E-state index is 13.5.